The molecule has 1 heterocycles. The zero-order valence-corrected chi connectivity index (χ0v) is 8.38. The Morgan fingerprint density at radius 1 is 1.62 bits per heavy atom. The van der Waals surface area contributed by atoms with E-state index >= 15 is 0 Å². The van der Waals surface area contributed by atoms with Gasteiger partial charge in [0, 0.05) is 33.1 Å². The Hall–Kier alpha value is -0.610. The highest BCUT2D eigenvalue weighted by atomic mass is 16.5. The van der Waals surface area contributed by atoms with Crippen molar-refractivity contribution in [1.29, 1.82) is 0 Å². The van der Waals surface area contributed by atoms with Gasteiger partial charge in [-0.15, -0.1) is 0 Å². The van der Waals surface area contributed by atoms with Crippen LogP contribution in [-0.4, -0.2) is 50.7 Å². The summed E-state index contributed by atoms with van der Waals surface area (Å²) < 4.78 is 5.29. The van der Waals surface area contributed by atoms with Crippen LogP contribution in [0, 0.1) is 0 Å². The molecule has 76 valence electrons. The number of carbonyl (C=O) groups excluding carboxylic acids is 1. The summed E-state index contributed by atoms with van der Waals surface area (Å²) in [6, 6.07) is 0.359. The molecule has 4 heteroatoms. The van der Waals surface area contributed by atoms with Gasteiger partial charge in [0.2, 0.25) is 5.91 Å². The minimum Gasteiger partial charge on any atom is -0.379 e. The Morgan fingerprint density at radius 2 is 2.38 bits per heavy atom. The van der Waals surface area contributed by atoms with Gasteiger partial charge in [0.05, 0.1) is 13.2 Å². The molecular weight excluding hydrogens is 168 g/mol. The van der Waals surface area contributed by atoms with Crippen LogP contribution in [0.25, 0.3) is 0 Å². The second kappa shape index (κ2) is 5.19. The molecule has 1 saturated heterocycles. The second-order valence-electron chi connectivity index (χ2n) is 3.55. The molecule has 1 unspecified atom stereocenters. The maximum absolute atomic E-state index is 11.2. The molecule has 0 saturated carbocycles. The fraction of sp³-hybridized carbons (Fsp3) is 0.889. The highest BCUT2D eigenvalue weighted by molar-refractivity contribution is 5.75. The average molecular weight is 186 g/mol. The van der Waals surface area contributed by atoms with E-state index in [0.717, 1.165) is 26.2 Å². The quantitative estimate of drug-likeness (QED) is 0.666. The molecule has 13 heavy (non-hydrogen) atoms. The van der Waals surface area contributed by atoms with Crippen molar-refractivity contribution in [3.63, 3.8) is 0 Å². The van der Waals surface area contributed by atoms with E-state index in [-0.39, 0.29) is 5.91 Å². The van der Waals surface area contributed by atoms with Gasteiger partial charge in [-0.25, -0.2) is 0 Å². The lowest BCUT2D eigenvalue weighted by Gasteiger charge is -2.23. The fourth-order valence-corrected chi connectivity index (χ4v) is 1.33. The van der Waals surface area contributed by atoms with Crippen LogP contribution in [0.4, 0.5) is 0 Å². The zero-order chi connectivity index (χ0) is 9.68. The van der Waals surface area contributed by atoms with Crippen molar-refractivity contribution in [2.45, 2.75) is 18.9 Å². The predicted octanol–water partition coefficient (Wildman–Crippen LogP) is -0.157. The summed E-state index contributed by atoms with van der Waals surface area (Å²) in [7, 11) is 3.57. The van der Waals surface area contributed by atoms with Gasteiger partial charge < -0.3 is 15.0 Å². The Morgan fingerprint density at radius 3 is 2.92 bits per heavy atom. The highest BCUT2D eigenvalue weighted by Gasteiger charge is 2.14. The van der Waals surface area contributed by atoms with Gasteiger partial charge in [-0.1, -0.05) is 0 Å². The minimum absolute atomic E-state index is 0.187. The van der Waals surface area contributed by atoms with E-state index in [4.69, 9.17) is 4.74 Å². The number of hydrogen-bond donors (Lipinski definition) is 1. The molecule has 1 rings (SSSR count). The normalized spacial score (nSPS) is 22.8. The van der Waals surface area contributed by atoms with E-state index in [0.29, 0.717) is 12.5 Å². The van der Waals surface area contributed by atoms with Gasteiger partial charge in [0.25, 0.3) is 0 Å². The Labute approximate surface area is 79.2 Å². The molecule has 0 aromatic carbocycles. The van der Waals surface area contributed by atoms with E-state index in [1.54, 1.807) is 19.0 Å². The molecule has 0 spiro atoms. The van der Waals surface area contributed by atoms with Crippen LogP contribution >= 0.6 is 0 Å². The Bertz CT molecular complexity index is 165. The summed E-state index contributed by atoms with van der Waals surface area (Å²) in [5.74, 6) is 0.187. The van der Waals surface area contributed by atoms with Crippen molar-refractivity contribution < 1.29 is 9.53 Å². The van der Waals surface area contributed by atoms with Crippen LogP contribution in [-0.2, 0) is 9.53 Å². The first-order valence-electron chi connectivity index (χ1n) is 4.71. The Kier molecular flexibility index (Phi) is 4.18. The van der Waals surface area contributed by atoms with E-state index in [2.05, 4.69) is 5.32 Å². The summed E-state index contributed by atoms with van der Waals surface area (Å²) >= 11 is 0. The van der Waals surface area contributed by atoms with Crippen LogP contribution in [0.3, 0.4) is 0 Å². The molecule has 1 atom stereocenters. The lowest BCUT2D eigenvalue weighted by Crippen LogP contribution is -2.41. The van der Waals surface area contributed by atoms with E-state index < -0.39 is 0 Å². The summed E-state index contributed by atoms with van der Waals surface area (Å²) in [5.41, 5.74) is 0. The molecule has 0 bridgehead atoms. The number of morpholine rings is 1. The average Bonchev–Trinajstić information content (AvgIpc) is 2.15. The summed E-state index contributed by atoms with van der Waals surface area (Å²) in [6.07, 6.45) is 1.48. The van der Waals surface area contributed by atoms with E-state index in [1.807, 2.05) is 0 Å². The monoisotopic (exact) mass is 186 g/mol. The van der Waals surface area contributed by atoms with Crippen LogP contribution in [0.5, 0.6) is 0 Å². The molecule has 1 aliphatic heterocycles. The molecule has 1 fully saturated rings. The highest BCUT2D eigenvalue weighted by Crippen LogP contribution is 2.03. The third-order valence-corrected chi connectivity index (χ3v) is 2.20. The summed E-state index contributed by atoms with van der Waals surface area (Å²) in [4.78, 5) is 12.9. The van der Waals surface area contributed by atoms with Gasteiger partial charge in [-0.2, -0.15) is 0 Å². The molecule has 0 aliphatic carbocycles. The SMILES string of the molecule is CN(C)C(=O)CCC1COCCN1. The van der Waals surface area contributed by atoms with Crippen LogP contribution < -0.4 is 5.32 Å². The van der Waals surface area contributed by atoms with Crippen molar-refractivity contribution in [1.82, 2.24) is 10.2 Å². The number of nitrogens with zero attached hydrogens (tertiary/aromatic N) is 1. The van der Waals surface area contributed by atoms with Gasteiger partial charge in [-0.05, 0) is 6.42 Å². The number of ether oxygens (including phenoxy) is 1. The van der Waals surface area contributed by atoms with Crippen LogP contribution in [0.15, 0.2) is 0 Å². The fourth-order valence-electron chi connectivity index (χ4n) is 1.33. The van der Waals surface area contributed by atoms with Crippen molar-refractivity contribution in [2.24, 2.45) is 0 Å². The van der Waals surface area contributed by atoms with Gasteiger partial charge in [0.15, 0.2) is 0 Å². The molecule has 1 amide bonds. The molecule has 4 nitrogen and oxygen atoms in total. The molecule has 1 aliphatic rings. The maximum atomic E-state index is 11.2. The van der Waals surface area contributed by atoms with Crippen molar-refractivity contribution >= 4 is 5.91 Å². The lowest BCUT2D eigenvalue weighted by molar-refractivity contribution is -0.129. The molecular formula is C9H18N2O2. The van der Waals surface area contributed by atoms with Crippen molar-refractivity contribution in [2.75, 3.05) is 33.9 Å². The largest absolute Gasteiger partial charge is 0.379 e. The molecule has 1 N–H and O–H groups in total. The summed E-state index contributed by atoms with van der Waals surface area (Å²) in [6.45, 7) is 2.43. The standard InChI is InChI=1S/C9H18N2O2/c1-11(2)9(12)4-3-8-7-13-6-5-10-8/h8,10H,3-7H2,1-2H3. The Balaban J connectivity index is 2.13. The lowest BCUT2D eigenvalue weighted by atomic mass is 10.1. The second-order valence-corrected chi connectivity index (χ2v) is 3.55. The molecule has 0 radical (unpaired) electrons. The van der Waals surface area contributed by atoms with Crippen molar-refractivity contribution in [3.05, 3.63) is 0 Å². The van der Waals surface area contributed by atoms with Crippen LogP contribution in [0.1, 0.15) is 12.8 Å². The minimum atomic E-state index is 0.187. The topological polar surface area (TPSA) is 41.6 Å². The maximum Gasteiger partial charge on any atom is 0.222 e. The first-order chi connectivity index (χ1) is 6.20. The number of carbonyl (C=O) groups is 1. The number of rotatable bonds is 3. The number of nitrogens with one attached hydrogen (secondary N) is 1. The van der Waals surface area contributed by atoms with Gasteiger partial charge >= 0.3 is 0 Å². The first-order valence-corrected chi connectivity index (χ1v) is 4.71. The van der Waals surface area contributed by atoms with Gasteiger partial charge in [-0.3, -0.25) is 4.79 Å². The molecule has 0 aromatic heterocycles. The first kappa shape index (κ1) is 10.5. The third-order valence-electron chi connectivity index (χ3n) is 2.20. The predicted molar refractivity (Wildman–Crippen MR) is 50.5 cm³/mol. The van der Waals surface area contributed by atoms with Gasteiger partial charge in [0.1, 0.15) is 0 Å². The number of hydrogen-bond acceptors (Lipinski definition) is 3. The number of amides is 1. The zero-order valence-electron chi connectivity index (χ0n) is 8.38. The van der Waals surface area contributed by atoms with Crippen molar-refractivity contribution in [3.8, 4) is 0 Å². The smallest absolute Gasteiger partial charge is 0.222 e. The van der Waals surface area contributed by atoms with E-state index in [9.17, 15) is 4.79 Å². The summed E-state index contributed by atoms with van der Waals surface area (Å²) in [5, 5.41) is 3.32. The van der Waals surface area contributed by atoms with Crippen LogP contribution in [0.2, 0.25) is 0 Å². The third kappa shape index (κ3) is 3.74. The van der Waals surface area contributed by atoms with E-state index in [1.165, 1.54) is 0 Å². The molecule has 0 aromatic rings.